The number of hydrogen-bond acceptors (Lipinski definition) is 4. The van der Waals surface area contributed by atoms with Gasteiger partial charge in [-0.25, -0.2) is 8.42 Å². The second-order valence-electron chi connectivity index (χ2n) is 4.20. The van der Waals surface area contributed by atoms with Gasteiger partial charge in [0.25, 0.3) is 0 Å². The van der Waals surface area contributed by atoms with Gasteiger partial charge in [0.2, 0.25) is 0 Å². The van der Waals surface area contributed by atoms with Gasteiger partial charge in [-0.2, -0.15) is 0 Å². The molecule has 19 heavy (non-hydrogen) atoms. The van der Waals surface area contributed by atoms with E-state index in [1.807, 2.05) is 0 Å². The molecule has 0 aliphatic heterocycles. The van der Waals surface area contributed by atoms with E-state index in [-0.39, 0.29) is 10.0 Å². The fourth-order valence-electron chi connectivity index (χ4n) is 1.30. The average molecular weight is 296 g/mol. The molecule has 0 bridgehead atoms. The van der Waals surface area contributed by atoms with Gasteiger partial charge in [-0.05, 0) is 32.0 Å². The van der Waals surface area contributed by atoms with Gasteiger partial charge < -0.3 is 0 Å². The number of hydrogen-bond donors (Lipinski definition) is 0. The summed E-state index contributed by atoms with van der Waals surface area (Å²) in [6, 6.07) is 6.58. The van der Waals surface area contributed by atoms with E-state index in [2.05, 4.69) is 11.8 Å². The first-order valence-electron chi connectivity index (χ1n) is 5.80. The van der Waals surface area contributed by atoms with E-state index in [0.29, 0.717) is 11.3 Å². The second kappa shape index (κ2) is 6.78. The number of carbonyl (C=O) groups is 1. The fraction of sp³-hybridized carbons (Fsp3) is 0.357. The van der Waals surface area contributed by atoms with Crippen LogP contribution in [0, 0.1) is 11.8 Å². The lowest BCUT2D eigenvalue weighted by Gasteiger charge is -2.07. The second-order valence-corrected chi connectivity index (χ2v) is 7.86. The summed E-state index contributed by atoms with van der Waals surface area (Å²) in [4.78, 5) is 11.0. The number of carbonyl (C=O) groups excluding carboxylic acids is 1. The summed E-state index contributed by atoms with van der Waals surface area (Å²) >= 11 is 1.13. The molecule has 1 aromatic rings. The van der Waals surface area contributed by atoms with Crippen molar-refractivity contribution >= 4 is 26.7 Å². The zero-order chi connectivity index (χ0) is 14.5. The number of sulfone groups is 1. The summed E-state index contributed by atoms with van der Waals surface area (Å²) in [5.41, 5.74) is 0.644. The average Bonchev–Trinajstić information content (AvgIpc) is 2.34. The molecular formula is C14H16O3S2. The molecule has 0 heterocycles. The Labute approximate surface area is 118 Å². The van der Waals surface area contributed by atoms with Gasteiger partial charge in [-0.15, -0.1) is 0 Å². The Balaban J connectivity index is 2.93. The van der Waals surface area contributed by atoms with Gasteiger partial charge in [0.15, 0.2) is 15.0 Å². The summed E-state index contributed by atoms with van der Waals surface area (Å²) in [7, 11) is -3.27. The van der Waals surface area contributed by atoms with Crippen LogP contribution in [0.1, 0.15) is 26.3 Å². The monoisotopic (exact) mass is 296 g/mol. The van der Waals surface area contributed by atoms with Crippen LogP contribution in [0.5, 0.6) is 0 Å². The van der Waals surface area contributed by atoms with Gasteiger partial charge in [-0.1, -0.05) is 29.7 Å². The largest absolute Gasteiger partial charge is 0.288 e. The topological polar surface area (TPSA) is 51.2 Å². The predicted octanol–water partition coefficient (Wildman–Crippen LogP) is 2.50. The van der Waals surface area contributed by atoms with Crippen molar-refractivity contribution in [2.45, 2.75) is 30.9 Å². The maximum Gasteiger partial charge on any atom is 0.186 e. The molecule has 0 atom stereocenters. The molecule has 102 valence electrons. The first-order chi connectivity index (χ1) is 8.84. The Morgan fingerprint density at radius 1 is 1.37 bits per heavy atom. The smallest absolute Gasteiger partial charge is 0.186 e. The van der Waals surface area contributed by atoms with E-state index >= 15 is 0 Å². The van der Waals surface area contributed by atoms with Crippen molar-refractivity contribution in [3.63, 3.8) is 0 Å². The highest BCUT2D eigenvalue weighted by molar-refractivity contribution is 8.13. The van der Waals surface area contributed by atoms with Crippen molar-refractivity contribution in [2.24, 2.45) is 0 Å². The lowest BCUT2D eigenvalue weighted by molar-refractivity contribution is -0.109. The molecule has 0 aliphatic carbocycles. The molecule has 0 unspecified atom stereocenters. The Bertz CT molecular complexity index is 620. The first kappa shape index (κ1) is 15.8. The first-order valence-corrected chi connectivity index (χ1v) is 8.33. The quantitative estimate of drug-likeness (QED) is 0.804. The molecule has 0 saturated heterocycles. The van der Waals surface area contributed by atoms with Gasteiger partial charge in [0.1, 0.15) is 0 Å². The highest BCUT2D eigenvalue weighted by atomic mass is 32.2. The molecule has 1 aromatic carbocycles. The lowest BCUT2D eigenvalue weighted by Crippen LogP contribution is -2.13. The normalized spacial score (nSPS) is 10.9. The highest BCUT2D eigenvalue weighted by Gasteiger charge is 2.18. The molecule has 1 rings (SSSR count). The third-order valence-corrected chi connectivity index (χ3v) is 5.21. The maximum absolute atomic E-state index is 12.0. The van der Waals surface area contributed by atoms with Gasteiger partial charge in [0.05, 0.1) is 15.9 Å². The van der Waals surface area contributed by atoms with E-state index in [1.165, 1.54) is 6.92 Å². The van der Waals surface area contributed by atoms with Crippen molar-refractivity contribution in [1.29, 1.82) is 0 Å². The minimum Gasteiger partial charge on any atom is -0.288 e. The zero-order valence-electron chi connectivity index (χ0n) is 11.1. The Morgan fingerprint density at radius 2 is 2.05 bits per heavy atom. The van der Waals surface area contributed by atoms with Crippen molar-refractivity contribution in [3.05, 3.63) is 29.8 Å². The molecule has 0 amide bonds. The molecule has 0 N–H and O–H groups in total. The van der Waals surface area contributed by atoms with Crippen molar-refractivity contribution in [3.8, 4) is 11.8 Å². The van der Waals surface area contributed by atoms with Gasteiger partial charge in [-0.3, -0.25) is 4.79 Å². The zero-order valence-corrected chi connectivity index (χ0v) is 12.8. The molecule has 0 radical (unpaired) electrons. The Hall–Kier alpha value is -1.25. The molecule has 5 heteroatoms. The van der Waals surface area contributed by atoms with Crippen LogP contribution in [0.2, 0.25) is 0 Å². The Kier molecular flexibility index (Phi) is 5.64. The van der Waals surface area contributed by atoms with Crippen LogP contribution in [0.4, 0.5) is 0 Å². The Morgan fingerprint density at radius 3 is 2.63 bits per heavy atom. The summed E-state index contributed by atoms with van der Waals surface area (Å²) < 4.78 is 24.0. The molecule has 0 fully saturated rings. The molecule has 3 nitrogen and oxygen atoms in total. The summed E-state index contributed by atoms with van der Waals surface area (Å²) in [6.45, 7) is 4.79. The van der Waals surface area contributed by atoms with Crippen molar-refractivity contribution < 1.29 is 13.2 Å². The molecular weight excluding hydrogens is 280 g/mol. The maximum atomic E-state index is 12.0. The number of benzene rings is 1. The SMILES string of the molecule is CC(=O)SCC#Cc1cccc(S(=O)(=O)C(C)C)c1. The predicted molar refractivity (Wildman–Crippen MR) is 78.8 cm³/mol. The van der Waals surface area contributed by atoms with Gasteiger partial charge in [0, 0.05) is 12.5 Å². The van der Waals surface area contributed by atoms with Crippen LogP contribution < -0.4 is 0 Å². The summed E-state index contributed by atoms with van der Waals surface area (Å²) in [6.07, 6.45) is 0. The van der Waals surface area contributed by atoms with E-state index in [4.69, 9.17) is 0 Å². The van der Waals surface area contributed by atoms with Crippen molar-refractivity contribution in [2.75, 3.05) is 5.75 Å². The third-order valence-electron chi connectivity index (χ3n) is 2.36. The molecule has 0 saturated carbocycles. The molecule has 0 spiro atoms. The third kappa shape index (κ3) is 4.73. The standard InChI is InChI=1S/C14H16O3S2/c1-11(2)19(16,17)14-8-4-6-13(10-14)7-5-9-18-12(3)15/h4,6,8,10-11H,9H2,1-3H3. The summed E-state index contributed by atoms with van der Waals surface area (Å²) in [5, 5.41) is -0.436. The number of rotatable bonds is 3. The van der Waals surface area contributed by atoms with Gasteiger partial charge >= 0.3 is 0 Å². The highest BCUT2D eigenvalue weighted by Crippen LogP contribution is 2.16. The van der Waals surface area contributed by atoms with Crippen LogP contribution in [-0.2, 0) is 14.6 Å². The van der Waals surface area contributed by atoms with E-state index in [1.54, 1.807) is 38.1 Å². The fourth-order valence-corrected chi connectivity index (χ4v) is 2.75. The van der Waals surface area contributed by atoms with Crippen LogP contribution in [0.3, 0.4) is 0 Å². The van der Waals surface area contributed by atoms with Crippen LogP contribution in [0.25, 0.3) is 0 Å². The van der Waals surface area contributed by atoms with E-state index in [9.17, 15) is 13.2 Å². The summed E-state index contributed by atoms with van der Waals surface area (Å²) in [5.74, 6) is 6.12. The lowest BCUT2D eigenvalue weighted by atomic mass is 10.2. The minimum absolute atomic E-state index is 0.0189. The van der Waals surface area contributed by atoms with Crippen molar-refractivity contribution in [1.82, 2.24) is 0 Å². The van der Waals surface area contributed by atoms with E-state index < -0.39 is 15.1 Å². The van der Waals surface area contributed by atoms with Crippen LogP contribution >= 0.6 is 11.8 Å². The van der Waals surface area contributed by atoms with Crippen LogP contribution in [0.15, 0.2) is 29.2 Å². The minimum atomic E-state index is -3.27. The van der Waals surface area contributed by atoms with Crippen LogP contribution in [-0.4, -0.2) is 24.5 Å². The van der Waals surface area contributed by atoms with E-state index in [0.717, 1.165) is 11.8 Å². The molecule has 0 aromatic heterocycles. The number of thioether (sulfide) groups is 1. The molecule has 0 aliphatic rings.